The number of hydrogen-bond donors (Lipinski definition) is 1. The molecule has 1 N–H and O–H groups in total. The quantitative estimate of drug-likeness (QED) is 0.807. The van der Waals surface area contributed by atoms with Crippen LogP contribution in [0, 0.1) is 5.92 Å². The van der Waals surface area contributed by atoms with Gasteiger partial charge in [-0.2, -0.15) is 0 Å². The van der Waals surface area contributed by atoms with Crippen LogP contribution in [0.25, 0.3) is 0 Å². The number of fused-ring (bicyclic) bond motifs is 1. The highest BCUT2D eigenvalue weighted by atomic mass is 16.2. The summed E-state index contributed by atoms with van der Waals surface area (Å²) >= 11 is 0. The van der Waals surface area contributed by atoms with Crippen molar-refractivity contribution in [1.29, 1.82) is 0 Å². The van der Waals surface area contributed by atoms with Crippen LogP contribution in [-0.2, 0) is 11.2 Å². The van der Waals surface area contributed by atoms with Gasteiger partial charge in [0.1, 0.15) is 0 Å². The highest BCUT2D eigenvalue weighted by Gasteiger charge is 2.32. The molecule has 2 nitrogen and oxygen atoms in total. The molecular formula is C14H17NO. The summed E-state index contributed by atoms with van der Waals surface area (Å²) < 4.78 is 0. The number of aryl methyl sites for hydroxylation is 1. The van der Waals surface area contributed by atoms with Crippen LogP contribution in [0.15, 0.2) is 24.3 Å². The van der Waals surface area contributed by atoms with E-state index in [1.807, 2.05) is 0 Å². The minimum absolute atomic E-state index is 0.262. The fourth-order valence-corrected chi connectivity index (χ4v) is 2.54. The summed E-state index contributed by atoms with van der Waals surface area (Å²) in [4.78, 5) is 11.8. The Hall–Kier alpha value is -1.31. The van der Waals surface area contributed by atoms with Gasteiger partial charge in [-0.05, 0) is 43.2 Å². The van der Waals surface area contributed by atoms with Crippen molar-refractivity contribution in [2.75, 3.05) is 0 Å². The van der Waals surface area contributed by atoms with Crippen LogP contribution in [0.3, 0.4) is 0 Å². The number of hydrogen-bond acceptors (Lipinski definition) is 1. The average Bonchev–Trinajstić information content (AvgIpc) is 3.13. The smallest absolute Gasteiger partial charge is 0.223 e. The molecule has 1 amide bonds. The first-order valence-corrected chi connectivity index (χ1v) is 6.23. The maximum absolute atomic E-state index is 11.8. The maximum Gasteiger partial charge on any atom is 0.223 e. The van der Waals surface area contributed by atoms with Crippen LogP contribution < -0.4 is 5.32 Å². The minimum atomic E-state index is 0.262. The largest absolute Gasteiger partial charge is 0.349 e. The van der Waals surface area contributed by atoms with E-state index < -0.39 is 0 Å². The molecule has 1 saturated carbocycles. The van der Waals surface area contributed by atoms with Gasteiger partial charge in [-0.3, -0.25) is 4.79 Å². The lowest BCUT2D eigenvalue weighted by molar-refractivity contribution is -0.123. The monoisotopic (exact) mass is 215 g/mol. The van der Waals surface area contributed by atoms with Gasteiger partial charge in [-0.1, -0.05) is 24.3 Å². The third kappa shape index (κ3) is 1.84. The Morgan fingerprint density at radius 1 is 1.19 bits per heavy atom. The van der Waals surface area contributed by atoms with Gasteiger partial charge in [0.25, 0.3) is 0 Å². The van der Waals surface area contributed by atoms with Gasteiger partial charge in [0.2, 0.25) is 5.91 Å². The van der Waals surface area contributed by atoms with E-state index in [-0.39, 0.29) is 11.9 Å². The van der Waals surface area contributed by atoms with Gasteiger partial charge >= 0.3 is 0 Å². The van der Waals surface area contributed by atoms with E-state index in [1.165, 1.54) is 17.5 Å². The van der Waals surface area contributed by atoms with Crippen LogP contribution in [0.2, 0.25) is 0 Å². The summed E-state index contributed by atoms with van der Waals surface area (Å²) in [5.74, 6) is 0.579. The lowest BCUT2D eigenvalue weighted by atomic mass is 9.87. The molecular weight excluding hydrogens is 198 g/mol. The Balaban J connectivity index is 1.78. The topological polar surface area (TPSA) is 29.1 Å². The van der Waals surface area contributed by atoms with Gasteiger partial charge in [-0.15, -0.1) is 0 Å². The van der Waals surface area contributed by atoms with Gasteiger partial charge in [0.15, 0.2) is 0 Å². The predicted molar refractivity (Wildman–Crippen MR) is 63.0 cm³/mol. The predicted octanol–water partition coefficient (Wildman–Crippen LogP) is 2.59. The molecule has 0 aliphatic heterocycles. The normalized spacial score (nSPS) is 23.6. The van der Waals surface area contributed by atoms with Crippen LogP contribution >= 0.6 is 0 Å². The van der Waals surface area contributed by atoms with Crippen LogP contribution in [-0.4, -0.2) is 5.91 Å². The van der Waals surface area contributed by atoms with Crippen molar-refractivity contribution in [2.45, 2.75) is 38.1 Å². The molecule has 2 heteroatoms. The molecule has 0 heterocycles. The number of carbonyl (C=O) groups excluding carboxylic acids is 1. The minimum Gasteiger partial charge on any atom is -0.349 e. The Labute approximate surface area is 96.1 Å². The molecule has 1 fully saturated rings. The van der Waals surface area contributed by atoms with Crippen LogP contribution in [0.1, 0.15) is 42.9 Å². The van der Waals surface area contributed by atoms with E-state index in [4.69, 9.17) is 0 Å². The molecule has 1 aromatic carbocycles. The van der Waals surface area contributed by atoms with Crippen molar-refractivity contribution < 1.29 is 4.79 Å². The van der Waals surface area contributed by atoms with E-state index in [9.17, 15) is 4.79 Å². The average molecular weight is 215 g/mol. The second-order valence-electron chi connectivity index (χ2n) is 4.93. The summed E-state index contributed by atoms with van der Waals surface area (Å²) in [6, 6.07) is 8.76. The van der Waals surface area contributed by atoms with Crippen molar-refractivity contribution >= 4 is 5.91 Å². The number of benzene rings is 1. The zero-order valence-corrected chi connectivity index (χ0v) is 9.41. The fraction of sp³-hybridized carbons (Fsp3) is 0.500. The van der Waals surface area contributed by atoms with Gasteiger partial charge in [-0.25, -0.2) is 0 Å². The first-order chi connectivity index (χ1) is 7.84. The third-order valence-electron chi connectivity index (χ3n) is 3.63. The second-order valence-corrected chi connectivity index (χ2v) is 4.93. The Morgan fingerprint density at radius 3 is 2.81 bits per heavy atom. The van der Waals surface area contributed by atoms with E-state index in [0.717, 1.165) is 25.7 Å². The van der Waals surface area contributed by atoms with Crippen molar-refractivity contribution in [3.8, 4) is 0 Å². The van der Waals surface area contributed by atoms with E-state index >= 15 is 0 Å². The molecule has 0 spiro atoms. The Kier molecular flexibility index (Phi) is 2.43. The first-order valence-electron chi connectivity index (χ1n) is 6.23. The number of rotatable bonds is 2. The molecule has 84 valence electrons. The number of nitrogens with one attached hydrogen (secondary N) is 1. The van der Waals surface area contributed by atoms with E-state index in [0.29, 0.717) is 5.92 Å². The summed E-state index contributed by atoms with van der Waals surface area (Å²) in [6.07, 6.45) is 5.61. The van der Waals surface area contributed by atoms with Crippen molar-refractivity contribution in [1.82, 2.24) is 5.32 Å². The molecule has 1 atom stereocenters. The molecule has 0 unspecified atom stereocenters. The molecule has 2 aliphatic rings. The molecule has 16 heavy (non-hydrogen) atoms. The zero-order valence-electron chi connectivity index (χ0n) is 9.41. The maximum atomic E-state index is 11.8. The molecule has 0 saturated heterocycles. The lowest BCUT2D eigenvalue weighted by Gasteiger charge is -2.26. The Bertz CT molecular complexity index is 409. The lowest BCUT2D eigenvalue weighted by Crippen LogP contribution is -2.31. The summed E-state index contributed by atoms with van der Waals surface area (Å²) in [7, 11) is 0. The van der Waals surface area contributed by atoms with Crippen molar-refractivity contribution in [2.24, 2.45) is 5.92 Å². The third-order valence-corrected chi connectivity index (χ3v) is 3.63. The SMILES string of the molecule is O=C(N[C@H]1CCCc2ccccc21)C1CC1. The molecule has 3 rings (SSSR count). The first kappa shape index (κ1) is 9.88. The molecule has 1 aromatic rings. The van der Waals surface area contributed by atoms with Gasteiger partial charge in [0, 0.05) is 5.92 Å². The molecule has 0 radical (unpaired) electrons. The molecule has 0 aromatic heterocycles. The standard InChI is InChI=1S/C14H17NO/c16-14(11-8-9-11)15-13-7-3-5-10-4-1-2-6-12(10)13/h1-2,4,6,11,13H,3,5,7-9H2,(H,15,16)/t13-/m0/s1. The van der Waals surface area contributed by atoms with Crippen molar-refractivity contribution in [3.05, 3.63) is 35.4 Å². The highest BCUT2D eigenvalue weighted by molar-refractivity contribution is 5.81. The second kappa shape index (κ2) is 3.93. The highest BCUT2D eigenvalue weighted by Crippen LogP contribution is 2.33. The summed E-state index contributed by atoms with van der Waals surface area (Å²) in [5.41, 5.74) is 2.75. The van der Waals surface area contributed by atoms with Crippen molar-refractivity contribution in [3.63, 3.8) is 0 Å². The number of carbonyl (C=O) groups is 1. The van der Waals surface area contributed by atoms with E-state index in [1.54, 1.807) is 0 Å². The summed E-state index contributed by atoms with van der Waals surface area (Å²) in [5, 5.41) is 3.20. The Morgan fingerprint density at radius 2 is 2.00 bits per heavy atom. The fourth-order valence-electron chi connectivity index (χ4n) is 2.54. The molecule has 0 bridgehead atoms. The van der Waals surface area contributed by atoms with E-state index in [2.05, 4.69) is 29.6 Å². The van der Waals surface area contributed by atoms with Crippen LogP contribution in [0.5, 0.6) is 0 Å². The summed E-state index contributed by atoms with van der Waals surface area (Å²) in [6.45, 7) is 0. The van der Waals surface area contributed by atoms with Gasteiger partial charge in [0.05, 0.1) is 6.04 Å². The van der Waals surface area contributed by atoms with Crippen LogP contribution in [0.4, 0.5) is 0 Å². The zero-order chi connectivity index (χ0) is 11.0. The number of amides is 1. The van der Waals surface area contributed by atoms with Gasteiger partial charge < -0.3 is 5.32 Å². The molecule has 2 aliphatic carbocycles.